The molecule has 7 rings (SSSR count). The second-order valence-corrected chi connectivity index (χ2v) is 13.8. The Kier molecular flexibility index (Phi) is 7.46. The summed E-state index contributed by atoms with van der Waals surface area (Å²) in [4.78, 5) is 34.5. The zero-order chi connectivity index (χ0) is 30.9. The Morgan fingerprint density at radius 2 is 1.70 bits per heavy atom. The molecule has 7 heterocycles. The van der Waals surface area contributed by atoms with Crippen LogP contribution in [0, 0.1) is 0 Å². The number of imidazole rings is 2. The molecule has 19 nitrogen and oxygen atoms in total. The molecule has 3 fully saturated rings. The van der Waals surface area contributed by atoms with Gasteiger partial charge in [0.1, 0.15) is 36.3 Å². The average molecular weight is 678 g/mol. The Morgan fingerprint density at radius 3 is 2.50 bits per heavy atom. The third-order valence-electron chi connectivity index (χ3n) is 7.17. The summed E-state index contributed by atoms with van der Waals surface area (Å²) in [6.45, 7) is -5.76. The van der Waals surface area contributed by atoms with Crippen LogP contribution in [0.15, 0.2) is 23.8 Å². The van der Waals surface area contributed by atoms with Crippen molar-refractivity contribution in [2.75, 3.05) is 24.7 Å². The molecule has 2 unspecified atom stereocenters. The minimum atomic E-state index is -4.44. The third-order valence-corrected chi connectivity index (χ3v) is 9.65. The Morgan fingerprint density at radius 1 is 0.977 bits per heavy atom. The average Bonchev–Trinajstić information content (AvgIpc) is 3.72. The maximum atomic E-state index is 15.9. The number of ether oxygens (including phenoxy) is 2. The molecule has 3 saturated heterocycles. The van der Waals surface area contributed by atoms with Crippen LogP contribution in [-0.4, -0.2) is 89.0 Å². The van der Waals surface area contributed by atoms with Crippen molar-refractivity contribution in [1.82, 2.24) is 39.0 Å². The molecule has 24 heteroatoms. The van der Waals surface area contributed by atoms with Gasteiger partial charge in [0, 0.05) is 0 Å². The first-order chi connectivity index (χ1) is 21.0. The molecule has 236 valence electrons. The van der Waals surface area contributed by atoms with E-state index in [-0.39, 0.29) is 34.1 Å². The number of hydrogen-bond acceptors (Lipinski definition) is 16. The van der Waals surface area contributed by atoms with Gasteiger partial charge >= 0.3 is 15.1 Å². The quantitative estimate of drug-likeness (QED) is 0.169. The van der Waals surface area contributed by atoms with Gasteiger partial charge in [0.05, 0.1) is 25.9 Å². The number of nitrogens with one attached hydrogen (secondary N) is 1. The summed E-state index contributed by atoms with van der Waals surface area (Å²) in [7, 11) is -3.52. The maximum Gasteiger partial charge on any atom is 0.386 e. The number of hydrogen-bond donors (Lipinski definition) is 4. The molecule has 3 aliphatic rings. The zero-order valence-electron chi connectivity index (χ0n) is 21.9. The SMILES string of the molecule is Nc1nc2c(ncn2[C@@H]2OC3CO[P@](=O)(S)O[C@@H]4[C@H](F)[C@@H](CO[PH](=O)O[C@H]3[C@H]2F)O[C@H]4n2cnc3c(N)ncnc32)c(=O)[nH]1. The number of halogens is 2. The van der Waals surface area contributed by atoms with E-state index < -0.39 is 83.0 Å². The van der Waals surface area contributed by atoms with E-state index in [0.717, 1.165) is 17.2 Å². The Labute approximate surface area is 249 Å². The van der Waals surface area contributed by atoms with Crippen molar-refractivity contribution in [3.05, 3.63) is 29.3 Å². The van der Waals surface area contributed by atoms with Crippen LogP contribution in [0.4, 0.5) is 20.5 Å². The van der Waals surface area contributed by atoms with Crippen LogP contribution >= 0.6 is 27.3 Å². The van der Waals surface area contributed by atoms with Gasteiger partial charge in [-0.15, -0.1) is 0 Å². The summed E-state index contributed by atoms with van der Waals surface area (Å²) in [5, 5.41) is 0. The standard InChI is InChI=1S/C20H22F2N10O9P2S/c21-8-6-1-36-42(34)40-12-7(39-18(9(12)22)32-5-28-11-16(32)29-20(24)30-17(11)33)2-37-43(35,44)41-13(8)19(38-6)31-4-27-10-14(23)25-3-26-15(10)31/h3-9,12-13,18-19,42H,1-2H2,(H,35,44)(H2,23,25,26)(H3,24,29,30,33)/t6-,7?,8-,9-,12-,13-,18-,19-,43+/m1/s1. The molecule has 0 aliphatic carbocycles. The first kappa shape index (κ1) is 29.6. The van der Waals surface area contributed by atoms with Crippen LogP contribution in [0.2, 0.25) is 0 Å². The van der Waals surface area contributed by atoms with Gasteiger partial charge in [-0.1, -0.05) is 12.2 Å². The molecule has 10 atom stereocenters. The molecule has 0 saturated carbocycles. The van der Waals surface area contributed by atoms with E-state index in [4.69, 9.17) is 39.0 Å². The van der Waals surface area contributed by atoms with Crippen LogP contribution in [0.1, 0.15) is 12.5 Å². The Balaban J connectivity index is 1.18. The van der Waals surface area contributed by atoms with Gasteiger partial charge in [-0.3, -0.25) is 32.5 Å². The molecule has 4 aromatic rings. The summed E-state index contributed by atoms with van der Waals surface area (Å²) in [6, 6.07) is 0. The van der Waals surface area contributed by atoms with Gasteiger partial charge in [-0.05, 0) is 0 Å². The number of fused-ring (bicyclic) bond motifs is 5. The van der Waals surface area contributed by atoms with Crippen LogP contribution in [0.25, 0.3) is 22.3 Å². The molecular weight excluding hydrogens is 656 g/mol. The predicted octanol–water partition coefficient (Wildman–Crippen LogP) is 0.840. The van der Waals surface area contributed by atoms with Crippen LogP contribution < -0.4 is 17.0 Å². The van der Waals surface area contributed by atoms with Crippen molar-refractivity contribution in [2.24, 2.45) is 0 Å². The van der Waals surface area contributed by atoms with Crippen LogP contribution in [-0.2, 0) is 36.7 Å². The minimum absolute atomic E-state index is 0.0484. The number of anilines is 2. The molecule has 0 amide bonds. The molecule has 2 bridgehead atoms. The van der Waals surface area contributed by atoms with Crippen molar-refractivity contribution in [2.45, 2.75) is 49.2 Å². The summed E-state index contributed by atoms with van der Waals surface area (Å²) in [5.41, 5.74) is 10.9. The molecule has 0 spiro atoms. The smallest absolute Gasteiger partial charge is 0.382 e. The summed E-state index contributed by atoms with van der Waals surface area (Å²) >= 11 is 3.99. The lowest BCUT2D eigenvalue weighted by Crippen LogP contribution is -2.33. The monoisotopic (exact) mass is 678 g/mol. The van der Waals surface area contributed by atoms with Crippen LogP contribution in [0.3, 0.4) is 0 Å². The van der Waals surface area contributed by atoms with Gasteiger partial charge in [-0.25, -0.2) is 33.3 Å². The Hall–Kier alpha value is -3.07. The number of thiol groups is 1. The number of H-pyrrole nitrogens is 1. The van der Waals surface area contributed by atoms with E-state index in [2.05, 4.69) is 42.2 Å². The van der Waals surface area contributed by atoms with E-state index in [0.29, 0.717) is 0 Å². The van der Waals surface area contributed by atoms with E-state index in [1.807, 2.05) is 0 Å². The highest BCUT2D eigenvalue weighted by Gasteiger charge is 2.53. The summed E-state index contributed by atoms with van der Waals surface area (Å²) in [5.74, 6) is -0.209. The number of aromatic amines is 1. The predicted molar refractivity (Wildman–Crippen MR) is 147 cm³/mol. The number of alkyl halides is 2. The first-order valence-corrected chi connectivity index (χ1v) is 16.7. The molecule has 4 aromatic heterocycles. The lowest BCUT2D eigenvalue weighted by atomic mass is 10.1. The van der Waals surface area contributed by atoms with Crippen molar-refractivity contribution in [3.8, 4) is 0 Å². The number of nitrogen functional groups attached to an aromatic ring is 2. The van der Waals surface area contributed by atoms with Crippen molar-refractivity contribution >= 4 is 61.4 Å². The molecule has 0 radical (unpaired) electrons. The number of aromatic nitrogens is 8. The molecule has 5 N–H and O–H groups in total. The van der Waals surface area contributed by atoms with E-state index >= 15 is 8.78 Å². The normalized spacial score (nSPS) is 36.6. The zero-order valence-corrected chi connectivity index (χ0v) is 24.7. The highest BCUT2D eigenvalue weighted by Crippen LogP contribution is 2.58. The number of rotatable bonds is 2. The molecule has 0 aromatic carbocycles. The van der Waals surface area contributed by atoms with Crippen molar-refractivity contribution < 1.29 is 45.5 Å². The topological polar surface area (TPSA) is 249 Å². The van der Waals surface area contributed by atoms with Gasteiger partial charge < -0.3 is 30.0 Å². The second kappa shape index (κ2) is 11.1. The fourth-order valence-corrected chi connectivity index (χ4v) is 7.51. The highest BCUT2D eigenvalue weighted by atomic mass is 32.7. The number of nitrogens with zero attached hydrogens (tertiary/aromatic N) is 7. The summed E-state index contributed by atoms with van der Waals surface area (Å²) < 4.78 is 93.4. The largest absolute Gasteiger partial charge is 0.386 e. The van der Waals surface area contributed by atoms with E-state index in [1.54, 1.807) is 0 Å². The molecule has 44 heavy (non-hydrogen) atoms. The van der Waals surface area contributed by atoms with E-state index in [9.17, 15) is 13.9 Å². The Bertz CT molecular complexity index is 1880. The van der Waals surface area contributed by atoms with Gasteiger partial charge in [0.2, 0.25) is 5.95 Å². The number of nitrogens with two attached hydrogens (primary N) is 2. The highest BCUT2D eigenvalue weighted by molar-refractivity contribution is 8.44. The fourth-order valence-electron chi connectivity index (χ4n) is 5.19. The van der Waals surface area contributed by atoms with Crippen molar-refractivity contribution in [1.29, 1.82) is 0 Å². The van der Waals surface area contributed by atoms with Gasteiger partial charge in [0.25, 0.3) is 5.56 Å². The van der Waals surface area contributed by atoms with Gasteiger partial charge in [-0.2, -0.15) is 4.98 Å². The second-order valence-electron chi connectivity index (χ2n) is 9.86. The third kappa shape index (κ3) is 5.09. The lowest BCUT2D eigenvalue weighted by Gasteiger charge is -2.25. The lowest BCUT2D eigenvalue weighted by molar-refractivity contribution is -0.0559. The minimum Gasteiger partial charge on any atom is -0.382 e. The van der Waals surface area contributed by atoms with E-state index in [1.165, 1.54) is 10.9 Å². The maximum absolute atomic E-state index is 15.9. The first-order valence-electron chi connectivity index (χ1n) is 12.7. The fraction of sp³-hybridized carbons (Fsp3) is 0.500. The van der Waals surface area contributed by atoms with Crippen LogP contribution in [0.5, 0.6) is 0 Å². The molecule has 3 aliphatic heterocycles. The summed E-state index contributed by atoms with van der Waals surface area (Å²) in [6.07, 6.45) is -9.48. The van der Waals surface area contributed by atoms with Crippen molar-refractivity contribution in [3.63, 3.8) is 0 Å². The molecular formula is C20H22F2N10O9P2S. The van der Waals surface area contributed by atoms with Gasteiger partial charge in [0.15, 0.2) is 47.4 Å².